The van der Waals surface area contributed by atoms with Crippen molar-refractivity contribution in [3.63, 3.8) is 0 Å². The van der Waals surface area contributed by atoms with Gasteiger partial charge >= 0.3 is 0 Å². The maximum atomic E-state index is 14.1. The molecule has 2 N–H and O–H groups in total. The molecule has 1 heterocycles. The first-order valence-corrected chi connectivity index (χ1v) is 7.86. The van der Waals surface area contributed by atoms with Crippen LogP contribution in [0.4, 0.5) is 4.39 Å². The summed E-state index contributed by atoms with van der Waals surface area (Å²) >= 11 is 2.91. The first kappa shape index (κ1) is 13.5. The Hall–Kier alpha value is -1.43. The van der Waals surface area contributed by atoms with E-state index in [1.807, 2.05) is 37.3 Å². The molecule has 5 heteroatoms. The zero-order valence-electron chi connectivity index (χ0n) is 10.8. The Bertz CT molecular complexity index is 719. The number of hydrogen-bond acceptors (Lipinski definition) is 4. The van der Waals surface area contributed by atoms with E-state index in [1.54, 1.807) is 17.4 Å². The van der Waals surface area contributed by atoms with E-state index in [4.69, 9.17) is 5.73 Å². The lowest BCUT2D eigenvalue weighted by molar-refractivity contribution is 0.591. The molecule has 1 unspecified atom stereocenters. The fraction of sp³-hybridized carbons (Fsp3) is 0.133. The molecule has 0 spiro atoms. The Morgan fingerprint density at radius 2 is 2.00 bits per heavy atom. The number of thiazole rings is 1. The number of benzene rings is 2. The van der Waals surface area contributed by atoms with Gasteiger partial charge in [0, 0.05) is 6.04 Å². The molecule has 2 aromatic carbocycles. The van der Waals surface area contributed by atoms with Crippen molar-refractivity contribution in [2.75, 3.05) is 0 Å². The van der Waals surface area contributed by atoms with Crippen LogP contribution in [0.3, 0.4) is 0 Å². The number of para-hydroxylation sites is 1. The van der Waals surface area contributed by atoms with Crippen LogP contribution >= 0.6 is 23.1 Å². The van der Waals surface area contributed by atoms with Gasteiger partial charge in [-0.2, -0.15) is 0 Å². The summed E-state index contributed by atoms with van der Waals surface area (Å²) in [5.74, 6) is -0.246. The third kappa shape index (κ3) is 2.57. The average molecular weight is 304 g/mol. The lowest BCUT2D eigenvalue weighted by Gasteiger charge is -2.11. The summed E-state index contributed by atoms with van der Waals surface area (Å²) in [7, 11) is 0. The van der Waals surface area contributed by atoms with Gasteiger partial charge in [0.15, 0.2) is 4.34 Å². The highest BCUT2D eigenvalue weighted by molar-refractivity contribution is 8.01. The molecule has 2 nitrogen and oxygen atoms in total. The number of aromatic nitrogens is 1. The summed E-state index contributed by atoms with van der Waals surface area (Å²) in [5, 5.41) is 0. The topological polar surface area (TPSA) is 38.9 Å². The van der Waals surface area contributed by atoms with Crippen LogP contribution in [0, 0.1) is 5.82 Å². The molecule has 102 valence electrons. The minimum atomic E-state index is -0.246. The molecule has 0 radical (unpaired) electrons. The third-order valence-corrected chi connectivity index (χ3v) is 5.18. The molecule has 0 amide bonds. The minimum absolute atomic E-state index is 0.206. The fourth-order valence-electron chi connectivity index (χ4n) is 1.97. The second-order valence-electron chi connectivity index (χ2n) is 4.50. The number of halogens is 1. The van der Waals surface area contributed by atoms with Crippen molar-refractivity contribution in [2.45, 2.75) is 22.2 Å². The van der Waals surface area contributed by atoms with Crippen LogP contribution in [-0.4, -0.2) is 4.98 Å². The third-order valence-electron chi connectivity index (χ3n) is 2.95. The summed E-state index contributed by atoms with van der Waals surface area (Å²) < 4.78 is 16.0. The first-order valence-electron chi connectivity index (χ1n) is 6.22. The molecular formula is C15H13FN2S2. The van der Waals surface area contributed by atoms with Gasteiger partial charge in [0.25, 0.3) is 0 Å². The molecule has 0 bridgehead atoms. The van der Waals surface area contributed by atoms with Crippen molar-refractivity contribution in [1.82, 2.24) is 4.98 Å². The highest BCUT2D eigenvalue weighted by Gasteiger charge is 2.15. The lowest BCUT2D eigenvalue weighted by atomic mass is 10.1. The van der Waals surface area contributed by atoms with Crippen molar-refractivity contribution < 1.29 is 4.39 Å². The molecule has 3 aromatic rings. The van der Waals surface area contributed by atoms with Crippen LogP contribution in [0.5, 0.6) is 0 Å². The normalized spacial score (nSPS) is 12.8. The second-order valence-corrected chi connectivity index (χ2v) is 6.78. The van der Waals surface area contributed by atoms with Crippen LogP contribution in [0.15, 0.2) is 51.7 Å². The SMILES string of the molecule is CC(N)c1cccc(F)c1Sc1nc2ccccc2s1. The highest BCUT2D eigenvalue weighted by atomic mass is 32.2. The van der Waals surface area contributed by atoms with E-state index >= 15 is 0 Å². The number of nitrogens with two attached hydrogens (primary N) is 1. The van der Waals surface area contributed by atoms with Gasteiger partial charge in [-0.3, -0.25) is 0 Å². The summed E-state index contributed by atoms with van der Waals surface area (Å²) in [6.07, 6.45) is 0. The molecule has 0 aliphatic rings. The van der Waals surface area contributed by atoms with Crippen LogP contribution in [-0.2, 0) is 0 Å². The van der Waals surface area contributed by atoms with Gasteiger partial charge in [-0.25, -0.2) is 9.37 Å². The fourth-order valence-corrected chi connectivity index (χ4v) is 4.21. The van der Waals surface area contributed by atoms with Crippen LogP contribution in [0.1, 0.15) is 18.5 Å². The smallest absolute Gasteiger partial charge is 0.156 e. The predicted octanol–water partition coefficient (Wildman–Crippen LogP) is 4.61. The van der Waals surface area contributed by atoms with E-state index in [0.717, 1.165) is 20.1 Å². The molecule has 0 aliphatic carbocycles. The molecule has 0 saturated heterocycles. The van der Waals surface area contributed by atoms with Gasteiger partial charge in [0.1, 0.15) is 5.82 Å². The molecule has 20 heavy (non-hydrogen) atoms. The van der Waals surface area contributed by atoms with Crippen molar-refractivity contribution in [2.24, 2.45) is 5.73 Å². The second kappa shape index (κ2) is 5.52. The van der Waals surface area contributed by atoms with Gasteiger partial charge in [-0.1, -0.05) is 36.0 Å². The Balaban J connectivity index is 2.02. The molecule has 1 aromatic heterocycles. The van der Waals surface area contributed by atoms with Crippen molar-refractivity contribution in [3.05, 3.63) is 53.8 Å². The Morgan fingerprint density at radius 3 is 2.75 bits per heavy atom. The molecule has 0 fully saturated rings. The number of hydrogen-bond donors (Lipinski definition) is 1. The summed E-state index contributed by atoms with van der Waals surface area (Å²) in [6, 6.07) is 12.7. The van der Waals surface area contributed by atoms with Gasteiger partial charge < -0.3 is 5.73 Å². The lowest BCUT2D eigenvalue weighted by Crippen LogP contribution is -2.07. The monoisotopic (exact) mass is 304 g/mol. The van der Waals surface area contributed by atoms with Crippen molar-refractivity contribution in [1.29, 1.82) is 0 Å². The van der Waals surface area contributed by atoms with E-state index in [-0.39, 0.29) is 11.9 Å². The van der Waals surface area contributed by atoms with E-state index in [1.165, 1.54) is 17.8 Å². The van der Waals surface area contributed by atoms with E-state index in [9.17, 15) is 4.39 Å². The molecular weight excluding hydrogens is 291 g/mol. The summed E-state index contributed by atoms with van der Waals surface area (Å²) in [4.78, 5) is 5.09. The molecule has 0 saturated carbocycles. The average Bonchev–Trinajstić information content (AvgIpc) is 2.83. The summed E-state index contributed by atoms with van der Waals surface area (Å²) in [5.41, 5.74) is 7.67. The largest absolute Gasteiger partial charge is 0.324 e. The maximum Gasteiger partial charge on any atom is 0.156 e. The Labute approximate surface area is 124 Å². The number of nitrogens with zero attached hydrogens (tertiary/aromatic N) is 1. The minimum Gasteiger partial charge on any atom is -0.324 e. The van der Waals surface area contributed by atoms with Crippen molar-refractivity contribution in [3.8, 4) is 0 Å². The Kier molecular flexibility index (Phi) is 3.74. The van der Waals surface area contributed by atoms with Crippen LogP contribution in [0.25, 0.3) is 10.2 Å². The van der Waals surface area contributed by atoms with Crippen LogP contribution in [0.2, 0.25) is 0 Å². The zero-order valence-corrected chi connectivity index (χ0v) is 12.5. The molecule has 0 aliphatic heterocycles. The van der Waals surface area contributed by atoms with E-state index in [0.29, 0.717) is 4.90 Å². The van der Waals surface area contributed by atoms with Gasteiger partial charge in [-0.15, -0.1) is 11.3 Å². The Morgan fingerprint density at radius 1 is 1.20 bits per heavy atom. The first-order chi connectivity index (χ1) is 9.65. The molecule has 1 atom stereocenters. The van der Waals surface area contributed by atoms with Gasteiger partial charge in [0.05, 0.1) is 15.1 Å². The van der Waals surface area contributed by atoms with Crippen LogP contribution < -0.4 is 5.73 Å². The predicted molar refractivity (Wildman–Crippen MR) is 82.7 cm³/mol. The zero-order chi connectivity index (χ0) is 14.1. The number of fused-ring (bicyclic) bond motifs is 1. The number of rotatable bonds is 3. The standard InChI is InChI=1S/C15H13FN2S2/c1-9(17)10-5-4-6-11(16)14(10)20-15-18-12-7-2-3-8-13(12)19-15/h2-9H,17H2,1H3. The van der Waals surface area contributed by atoms with Crippen molar-refractivity contribution >= 4 is 33.3 Å². The summed E-state index contributed by atoms with van der Waals surface area (Å²) in [6.45, 7) is 1.86. The van der Waals surface area contributed by atoms with E-state index < -0.39 is 0 Å². The molecule has 3 rings (SSSR count). The highest BCUT2D eigenvalue weighted by Crippen LogP contribution is 2.38. The maximum absolute atomic E-state index is 14.1. The quantitative estimate of drug-likeness (QED) is 0.768. The van der Waals surface area contributed by atoms with Gasteiger partial charge in [0.2, 0.25) is 0 Å². The van der Waals surface area contributed by atoms with Gasteiger partial charge in [-0.05, 0) is 30.7 Å². The van der Waals surface area contributed by atoms with E-state index in [2.05, 4.69) is 4.98 Å².